The molecule has 0 aliphatic carbocycles. The van der Waals surface area contributed by atoms with Crippen LogP contribution in [0.25, 0.3) is 27.7 Å². The Balaban J connectivity index is 1.55. The standard InChI is InChI=1S/C30H26FN3O5S/c1-19(2)39-23-7-4-6-20(16-23)21-10-13-26(27(18-21)38-3)34-25-14-12-24(17-22(25)11-15-30(34)35)40(36,37)33-29-9-5-8-28(31)32-29/h4-19H,1-3H3,(H,32,33). The minimum Gasteiger partial charge on any atom is -0.495 e. The quantitative estimate of drug-likeness (QED) is 0.242. The van der Waals surface area contributed by atoms with E-state index in [1.54, 1.807) is 18.2 Å². The summed E-state index contributed by atoms with van der Waals surface area (Å²) in [4.78, 5) is 16.6. The number of ether oxygens (including phenoxy) is 2. The highest BCUT2D eigenvalue weighted by Crippen LogP contribution is 2.33. The normalized spacial score (nSPS) is 11.5. The SMILES string of the molecule is COc1cc(-c2cccc(OC(C)C)c2)ccc1-n1c(=O)ccc2cc(S(=O)(=O)Nc3cccc(F)n3)ccc21. The Morgan fingerprint density at radius 1 is 0.900 bits per heavy atom. The van der Waals surface area contributed by atoms with Gasteiger partial charge in [-0.1, -0.05) is 24.3 Å². The van der Waals surface area contributed by atoms with Gasteiger partial charge >= 0.3 is 0 Å². The molecule has 2 heterocycles. The number of hydrogen-bond donors (Lipinski definition) is 1. The van der Waals surface area contributed by atoms with Crippen molar-refractivity contribution in [2.45, 2.75) is 24.8 Å². The van der Waals surface area contributed by atoms with Gasteiger partial charge in [-0.15, -0.1) is 0 Å². The Hall–Kier alpha value is -4.70. The minimum atomic E-state index is -4.07. The summed E-state index contributed by atoms with van der Waals surface area (Å²) in [5.41, 5.74) is 2.45. The highest BCUT2D eigenvalue weighted by molar-refractivity contribution is 7.92. The van der Waals surface area contributed by atoms with Crippen LogP contribution < -0.4 is 19.8 Å². The van der Waals surface area contributed by atoms with Crippen LogP contribution in [-0.4, -0.2) is 31.2 Å². The minimum absolute atomic E-state index is 0.0367. The molecule has 0 aliphatic rings. The van der Waals surface area contributed by atoms with Crippen LogP contribution >= 0.6 is 0 Å². The number of hydrogen-bond acceptors (Lipinski definition) is 6. The zero-order chi connectivity index (χ0) is 28.4. The molecule has 5 rings (SSSR count). The van der Waals surface area contributed by atoms with Crippen molar-refractivity contribution < 1.29 is 22.3 Å². The molecule has 8 nitrogen and oxygen atoms in total. The summed E-state index contributed by atoms with van der Waals surface area (Å²) in [6.07, 6.45) is 0.0367. The highest BCUT2D eigenvalue weighted by atomic mass is 32.2. The second-order valence-corrected chi connectivity index (χ2v) is 10.9. The molecule has 0 atom stereocenters. The first-order valence-electron chi connectivity index (χ1n) is 12.4. The lowest BCUT2D eigenvalue weighted by Crippen LogP contribution is -2.19. The van der Waals surface area contributed by atoms with Crippen molar-refractivity contribution >= 4 is 26.7 Å². The summed E-state index contributed by atoms with van der Waals surface area (Å²) in [7, 11) is -2.55. The molecule has 0 fully saturated rings. The number of nitrogens with zero attached hydrogens (tertiary/aromatic N) is 2. The topological polar surface area (TPSA) is 99.5 Å². The number of anilines is 1. The Morgan fingerprint density at radius 3 is 2.42 bits per heavy atom. The average Bonchev–Trinajstić information content (AvgIpc) is 2.92. The number of benzene rings is 3. The molecule has 0 amide bonds. The number of aromatic nitrogens is 2. The van der Waals surface area contributed by atoms with E-state index >= 15 is 0 Å². The van der Waals surface area contributed by atoms with Crippen molar-refractivity contribution in [3.8, 4) is 28.3 Å². The van der Waals surface area contributed by atoms with Gasteiger partial charge in [-0.2, -0.15) is 4.39 Å². The molecule has 204 valence electrons. The molecule has 3 aromatic carbocycles. The largest absolute Gasteiger partial charge is 0.495 e. The lowest BCUT2D eigenvalue weighted by molar-refractivity contribution is 0.242. The first kappa shape index (κ1) is 26.9. The van der Waals surface area contributed by atoms with E-state index in [0.717, 1.165) is 22.9 Å². The number of sulfonamides is 1. The van der Waals surface area contributed by atoms with Gasteiger partial charge in [0.15, 0.2) is 0 Å². The smallest absolute Gasteiger partial charge is 0.263 e. The molecule has 0 unspecified atom stereocenters. The molecule has 10 heteroatoms. The van der Waals surface area contributed by atoms with Crippen LogP contribution in [0.5, 0.6) is 11.5 Å². The van der Waals surface area contributed by atoms with E-state index in [-0.39, 0.29) is 22.4 Å². The molecule has 40 heavy (non-hydrogen) atoms. The number of rotatable bonds is 8. The summed E-state index contributed by atoms with van der Waals surface area (Å²) in [6, 6.07) is 24.3. The summed E-state index contributed by atoms with van der Waals surface area (Å²) in [5.74, 6) is 0.252. The van der Waals surface area contributed by atoms with Crippen molar-refractivity contribution in [1.29, 1.82) is 0 Å². The van der Waals surface area contributed by atoms with Crippen LogP contribution in [0.15, 0.2) is 101 Å². The summed E-state index contributed by atoms with van der Waals surface area (Å²) < 4.78 is 54.6. The number of halogens is 1. The van der Waals surface area contributed by atoms with Crippen molar-refractivity contribution in [3.05, 3.63) is 107 Å². The van der Waals surface area contributed by atoms with Gasteiger partial charge in [0.1, 0.15) is 17.3 Å². The van der Waals surface area contributed by atoms with Crippen LogP contribution in [0.2, 0.25) is 0 Å². The molecule has 1 N–H and O–H groups in total. The highest BCUT2D eigenvalue weighted by Gasteiger charge is 2.18. The molecule has 0 saturated heterocycles. The number of fused-ring (bicyclic) bond motifs is 1. The maximum atomic E-state index is 13.4. The molecule has 5 aromatic rings. The Labute approximate surface area is 230 Å². The summed E-state index contributed by atoms with van der Waals surface area (Å²) >= 11 is 0. The molecule has 0 aliphatic heterocycles. The maximum Gasteiger partial charge on any atom is 0.263 e. The number of nitrogens with one attached hydrogen (secondary N) is 1. The van der Waals surface area contributed by atoms with Crippen LogP contribution in [0.1, 0.15) is 13.8 Å². The second-order valence-electron chi connectivity index (χ2n) is 9.26. The van der Waals surface area contributed by atoms with E-state index in [9.17, 15) is 17.6 Å². The predicted molar refractivity (Wildman–Crippen MR) is 152 cm³/mol. The zero-order valence-corrected chi connectivity index (χ0v) is 22.8. The fourth-order valence-electron chi connectivity index (χ4n) is 4.36. The van der Waals surface area contributed by atoms with E-state index in [1.165, 1.54) is 42.0 Å². The first-order valence-corrected chi connectivity index (χ1v) is 13.9. The zero-order valence-electron chi connectivity index (χ0n) is 22.0. The lowest BCUT2D eigenvalue weighted by atomic mass is 10.0. The third kappa shape index (κ3) is 5.52. The van der Waals surface area contributed by atoms with Gasteiger partial charge in [-0.05, 0) is 85.6 Å². The van der Waals surface area contributed by atoms with Gasteiger partial charge in [0, 0.05) is 11.5 Å². The first-order chi connectivity index (χ1) is 19.1. The summed E-state index contributed by atoms with van der Waals surface area (Å²) in [5, 5.41) is 0.499. The third-order valence-electron chi connectivity index (χ3n) is 6.09. The van der Waals surface area contributed by atoms with Crippen LogP contribution in [0.3, 0.4) is 0 Å². The van der Waals surface area contributed by atoms with Gasteiger partial charge < -0.3 is 9.47 Å². The van der Waals surface area contributed by atoms with Crippen LogP contribution in [0.4, 0.5) is 10.2 Å². The molecular formula is C30H26FN3O5S. The van der Waals surface area contributed by atoms with E-state index in [0.29, 0.717) is 22.3 Å². The molecule has 0 saturated carbocycles. The van der Waals surface area contributed by atoms with Crippen molar-refractivity contribution in [2.75, 3.05) is 11.8 Å². The second kappa shape index (κ2) is 10.8. The summed E-state index contributed by atoms with van der Waals surface area (Å²) in [6.45, 7) is 3.92. The average molecular weight is 560 g/mol. The molecule has 0 spiro atoms. The fourth-order valence-corrected chi connectivity index (χ4v) is 5.40. The van der Waals surface area contributed by atoms with E-state index in [1.807, 2.05) is 50.2 Å². The maximum absolute atomic E-state index is 13.4. The third-order valence-corrected chi connectivity index (χ3v) is 7.44. The molecule has 2 aromatic heterocycles. The fraction of sp³-hybridized carbons (Fsp3) is 0.133. The van der Waals surface area contributed by atoms with E-state index in [2.05, 4.69) is 9.71 Å². The van der Waals surface area contributed by atoms with E-state index in [4.69, 9.17) is 9.47 Å². The van der Waals surface area contributed by atoms with Gasteiger partial charge in [0.05, 0.1) is 29.3 Å². The Bertz CT molecular complexity index is 1890. The predicted octanol–water partition coefficient (Wildman–Crippen LogP) is 5.79. The van der Waals surface area contributed by atoms with Gasteiger partial charge in [-0.3, -0.25) is 14.1 Å². The van der Waals surface area contributed by atoms with Crippen molar-refractivity contribution in [3.63, 3.8) is 0 Å². The van der Waals surface area contributed by atoms with E-state index < -0.39 is 16.0 Å². The van der Waals surface area contributed by atoms with Crippen molar-refractivity contribution in [2.24, 2.45) is 0 Å². The van der Waals surface area contributed by atoms with Crippen LogP contribution in [-0.2, 0) is 10.0 Å². The van der Waals surface area contributed by atoms with Gasteiger partial charge in [0.25, 0.3) is 15.6 Å². The number of methoxy groups -OCH3 is 1. The van der Waals surface area contributed by atoms with Gasteiger partial charge in [-0.25, -0.2) is 13.4 Å². The molecular weight excluding hydrogens is 533 g/mol. The Morgan fingerprint density at radius 2 is 1.68 bits per heavy atom. The Kier molecular flexibility index (Phi) is 7.27. The van der Waals surface area contributed by atoms with Gasteiger partial charge in [0.2, 0.25) is 5.95 Å². The monoisotopic (exact) mass is 559 g/mol. The molecule has 0 bridgehead atoms. The lowest BCUT2D eigenvalue weighted by Gasteiger charge is -2.16. The van der Waals surface area contributed by atoms with Crippen molar-refractivity contribution in [1.82, 2.24) is 9.55 Å². The molecule has 0 radical (unpaired) electrons. The van der Waals surface area contributed by atoms with Crippen LogP contribution in [0, 0.1) is 5.95 Å². The number of pyridine rings is 2.